The smallest absolute Gasteiger partial charge is 0.00775 e. The molecule has 0 aliphatic carbocycles. The first kappa shape index (κ1) is 9.75. The summed E-state index contributed by atoms with van der Waals surface area (Å²) >= 11 is 0. The lowest BCUT2D eigenvalue weighted by Crippen LogP contribution is -2.09. The fourth-order valence-corrected chi connectivity index (χ4v) is 0.250. The molecule has 44 valence electrons. The van der Waals surface area contributed by atoms with Gasteiger partial charge in [-0.2, -0.15) is 0 Å². The van der Waals surface area contributed by atoms with E-state index in [1.807, 2.05) is 0 Å². The predicted octanol–water partition coefficient (Wildman–Crippen LogP) is 1.21. The highest BCUT2D eigenvalue weighted by Crippen LogP contribution is 1.47. The van der Waals surface area contributed by atoms with Gasteiger partial charge >= 0.3 is 0 Å². The fraction of sp³-hybridized carbons (Fsp3) is 1.00. The molecular formula is C4H13N3. The van der Waals surface area contributed by atoms with Crippen molar-refractivity contribution >= 4 is 0 Å². The van der Waals surface area contributed by atoms with Crippen LogP contribution < -0.4 is 5.32 Å². The third-order valence-corrected chi connectivity index (χ3v) is 0.500. The zero-order valence-electron chi connectivity index (χ0n) is 4.91. The van der Waals surface area contributed by atoms with Crippen LogP contribution in [0.1, 0.15) is 13.8 Å². The molecule has 7 heavy (non-hydrogen) atoms. The molecule has 0 aliphatic heterocycles. The van der Waals surface area contributed by atoms with Gasteiger partial charge in [-0.05, 0) is 13.1 Å². The molecule has 0 bridgehead atoms. The second kappa shape index (κ2) is 17.6. The van der Waals surface area contributed by atoms with Gasteiger partial charge in [-0.1, -0.05) is 13.8 Å². The summed E-state index contributed by atoms with van der Waals surface area (Å²) in [5.41, 5.74) is 10.0. The van der Waals surface area contributed by atoms with Crippen molar-refractivity contribution in [3.63, 3.8) is 0 Å². The summed E-state index contributed by atoms with van der Waals surface area (Å²) in [5.74, 6) is 0. The minimum atomic E-state index is 1.09. The van der Waals surface area contributed by atoms with Gasteiger partial charge in [0.2, 0.25) is 0 Å². The van der Waals surface area contributed by atoms with Gasteiger partial charge in [-0.3, -0.25) is 0 Å². The van der Waals surface area contributed by atoms with Crippen LogP contribution in [0.15, 0.2) is 0 Å². The topological polar surface area (TPSA) is 59.7 Å². The maximum atomic E-state index is 5.00. The van der Waals surface area contributed by atoms with Crippen molar-refractivity contribution in [3.05, 3.63) is 0 Å². The van der Waals surface area contributed by atoms with Gasteiger partial charge in [0.15, 0.2) is 0 Å². The van der Waals surface area contributed by atoms with Crippen LogP contribution in [0.5, 0.6) is 0 Å². The predicted molar refractivity (Wildman–Crippen MR) is 29.7 cm³/mol. The molecule has 0 rings (SSSR count). The lowest BCUT2D eigenvalue weighted by molar-refractivity contribution is 0.762. The van der Waals surface area contributed by atoms with Crippen LogP contribution in [-0.2, 0) is 0 Å². The SMILES string of the molecule is CCNCC.N=N. The average molecular weight is 103 g/mol. The van der Waals surface area contributed by atoms with Crippen molar-refractivity contribution in [2.45, 2.75) is 13.8 Å². The zero-order valence-corrected chi connectivity index (χ0v) is 4.91. The first-order chi connectivity index (χ1) is 3.41. The fourth-order valence-electron chi connectivity index (χ4n) is 0.250. The third kappa shape index (κ3) is 29.0. The highest BCUT2D eigenvalue weighted by Gasteiger charge is 1.62. The molecule has 0 aliphatic rings. The number of rotatable bonds is 2. The molecule has 0 aromatic rings. The van der Waals surface area contributed by atoms with Crippen molar-refractivity contribution < 1.29 is 0 Å². The molecule has 0 aromatic heterocycles. The molecule has 0 unspecified atom stereocenters. The maximum absolute atomic E-state index is 5.00. The van der Waals surface area contributed by atoms with E-state index in [2.05, 4.69) is 19.2 Å². The van der Waals surface area contributed by atoms with E-state index in [1.54, 1.807) is 0 Å². The summed E-state index contributed by atoms with van der Waals surface area (Å²) in [6, 6.07) is 0. The third-order valence-electron chi connectivity index (χ3n) is 0.500. The Morgan fingerprint density at radius 3 is 1.43 bits per heavy atom. The van der Waals surface area contributed by atoms with Gasteiger partial charge in [-0.25, -0.2) is 11.1 Å². The van der Waals surface area contributed by atoms with Crippen LogP contribution in [0.25, 0.3) is 0 Å². The highest BCUT2D eigenvalue weighted by atomic mass is 14.8. The van der Waals surface area contributed by atoms with Crippen LogP contribution in [0.2, 0.25) is 0 Å². The first-order valence-corrected chi connectivity index (χ1v) is 2.37. The largest absolute Gasteiger partial charge is 0.317 e. The highest BCUT2D eigenvalue weighted by molar-refractivity contribution is 4.27. The van der Waals surface area contributed by atoms with Gasteiger partial charge in [0, 0.05) is 0 Å². The Labute approximate surface area is 44.4 Å². The van der Waals surface area contributed by atoms with Crippen molar-refractivity contribution in [1.29, 1.82) is 11.1 Å². The van der Waals surface area contributed by atoms with Crippen LogP contribution >= 0.6 is 0 Å². The van der Waals surface area contributed by atoms with Crippen molar-refractivity contribution in [3.8, 4) is 0 Å². The van der Waals surface area contributed by atoms with Gasteiger partial charge in [0.25, 0.3) is 0 Å². The van der Waals surface area contributed by atoms with Gasteiger partial charge in [-0.15, -0.1) is 0 Å². The Hall–Kier alpha value is -0.440. The number of hydrogen-bond acceptors (Lipinski definition) is 3. The Morgan fingerprint density at radius 2 is 1.43 bits per heavy atom. The molecule has 0 fully saturated rings. The monoisotopic (exact) mass is 103 g/mol. The molecule has 0 saturated carbocycles. The van der Waals surface area contributed by atoms with Gasteiger partial charge in [0.05, 0.1) is 0 Å². The molecule has 0 aromatic carbocycles. The lowest BCUT2D eigenvalue weighted by Gasteiger charge is -1.86. The first-order valence-electron chi connectivity index (χ1n) is 2.37. The quantitative estimate of drug-likeness (QED) is 0.452. The molecule has 3 N–H and O–H groups in total. The molecule has 0 spiro atoms. The average Bonchev–Trinajstić information content (AvgIpc) is 1.75. The van der Waals surface area contributed by atoms with E-state index in [-0.39, 0.29) is 0 Å². The van der Waals surface area contributed by atoms with E-state index in [1.165, 1.54) is 0 Å². The van der Waals surface area contributed by atoms with Gasteiger partial charge < -0.3 is 5.32 Å². The zero-order chi connectivity index (χ0) is 6.12. The molecule has 0 heterocycles. The minimum Gasteiger partial charge on any atom is -0.317 e. The minimum absolute atomic E-state index is 1.09. The van der Waals surface area contributed by atoms with Crippen LogP contribution in [0, 0.1) is 11.1 Å². The lowest BCUT2D eigenvalue weighted by atomic mass is 10.7. The summed E-state index contributed by atoms with van der Waals surface area (Å²) in [6.45, 7) is 6.39. The van der Waals surface area contributed by atoms with E-state index >= 15 is 0 Å². The normalized spacial score (nSPS) is 6.57. The Bertz CT molecular complexity index is 20.9. The van der Waals surface area contributed by atoms with E-state index in [9.17, 15) is 0 Å². The van der Waals surface area contributed by atoms with E-state index in [0.717, 1.165) is 13.1 Å². The Morgan fingerprint density at radius 1 is 1.14 bits per heavy atom. The maximum Gasteiger partial charge on any atom is -0.00775 e. The molecule has 0 radical (unpaired) electrons. The van der Waals surface area contributed by atoms with Crippen molar-refractivity contribution in [1.82, 2.24) is 5.32 Å². The van der Waals surface area contributed by atoms with Crippen molar-refractivity contribution in [2.24, 2.45) is 0 Å². The van der Waals surface area contributed by atoms with Crippen LogP contribution in [-0.4, -0.2) is 13.1 Å². The standard InChI is InChI=1S/C4H11N.H2N2/c1-3-5-4-2;1-2/h5H,3-4H2,1-2H3;1-2H. The number of nitrogens with one attached hydrogen (secondary N) is 3. The molecule has 3 nitrogen and oxygen atoms in total. The Balaban J connectivity index is 0. The summed E-state index contributed by atoms with van der Waals surface area (Å²) in [5, 5.41) is 3.11. The van der Waals surface area contributed by atoms with Crippen LogP contribution in [0.4, 0.5) is 0 Å². The summed E-state index contributed by atoms with van der Waals surface area (Å²) in [6.07, 6.45) is 0. The summed E-state index contributed by atoms with van der Waals surface area (Å²) in [4.78, 5) is 0. The molecule has 0 saturated heterocycles. The second-order valence-electron chi connectivity index (χ2n) is 0.957. The summed E-state index contributed by atoms with van der Waals surface area (Å²) < 4.78 is 0. The van der Waals surface area contributed by atoms with E-state index in [0.29, 0.717) is 0 Å². The van der Waals surface area contributed by atoms with Crippen LogP contribution in [0.3, 0.4) is 0 Å². The molecule has 0 amide bonds. The number of hydrogen-bond donors (Lipinski definition) is 3. The Kier molecular flexibility index (Phi) is 24.6. The van der Waals surface area contributed by atoms with Crippen molar-refractivity contribution in [2.75, 3.05) is 13.1 Å². The molecule has 0 atom stereocenters. The molecular weight excluding hydrogens is 90.1 g/mol. The van der Waals surface area contributed by atoms with E-state index < -0.39 is 0 Å². The van der Waals surface area contributed by atoms with E-state index in [4.69, 9.17) is 11.1 Å². The summed E-state index contributed by atoms with van der Waals surface area (Å²) in [7, 11) is 0. The second-order valence-corrected chi connectivity index (χ2v) is 0.957. The van der Waals surface area contributed by atoms with Gasteiger partial charge in [0.1, 0.15) is 0 Å². The molecule has 3 heteroatoms.